The summed E-state index contributed by atoms with van der Waals surface area (Å²) >= 11 is 0. The van der Waals surface area contributed by atoms with E-state index in [1.165, 1.54) is 17.0 Å². The van der Waals surface area contributed by atoms with E-state index in [0.717, 1.165) is 6.07 Å². The van der Waals surface area contributed by atoms with Crippen molar-refractivity contribution in [2.45, 2.75) is 38.3 Å². The first kappa shape index (κ1) is 21.2. The van der Waals surface area contributed by atoms with E-state index < -0.39 is 23.5 Å². The van der Waals surface area contributed by atoms with Gasteiger partial charge in [0.15, 0.2) is 11.6 Å². The molecule has 3 atom stereocenters. The SMILES string of the molecule is CC[C@H]1[C@@H](C(=O)NCCO)C[C@H]2CN(C(=O)Cc3cccc(F)c3F)CC(=O)N21. The molecule has 1 aromatic rings. The average Bonchev–Trinajstić information content (AvgIpc) is 3.08. The lowest BCUT2D eigenvalue weighted by Crippen LogP contribution is -2.58. The van der Waals surface area contributed by atoms with Crippen LogP contribution >= 0.6 is 0 Å². The molecule has 2 heterocycles. The highest BCUT2D eigenvalue weighted by Crippen LogP contribution is 2.35. The fourth-order valence-corrected chi connectivity index (χ4v) is 4.37. The number of piperazine rings is 1. The monoisotopic (exact) mass is 409 g/mol. The number of halogens is 2. The van der Waals surface area contributed by atoms with Crippen molar-refractivity contribution < 1.29 is 28.3 Å². The summed E-state index contributed by atoms with van der Waals surface area (Å²) in [4.78, 5) is 40.9. The molecule has 3 rings (SSSR count). The quantitative estimate of drug-likeness (QED) is 0.714. The number of rotatable bonds is 6. The van der Waals surface area contributed by atoms with Crippen LogP contribution in [0.4, 0.5) is 8.78 Å². The van der Waals surface area contributed by atoms with Crippen molar-refractivity contribution in [3.8, 4) is 0 Å². The Morgan fingerprint density at radius 3 is 2.76 bits per heavy atom. The highest BCUT2D eigenvalue weighted by atomic mass is 19.2. The lowest BCUT2D eigenvalue weighted by molar-refractivity contribution is -0.148. The topological polar surface area (TPSA) is 90.0 Å². The van der Waals surface area contributed by atoms with Crippen molar-refractivity contribution in [2.24, 2.45) is 5.92 Å². The van der Waals surface area contributed by atoms with Gasteiger partial charge in [-0.05, 0) is 18.9 Å². The summed E-state index contributed by atoms with van der Waals surface area (Å²) in [5.74, 6) is -3.40. The van der Waals surface area contributed by atoms with Crippen molar-refractivity contribution in [1.82, 2.24) is 15.1 Å². The van der Waals surface area contributed by atoms with Crippen LogP contribution in [-0.4, -0.2) is 71.0 Å². The summed E-state index contributed by atoms with van der Waals surface area (Å²) in [5.41, 5.74) is -0.0519. The maximum absolute atomic E-state index is 13.9. The van der Waals surface area contributed by atoms with Crippen LogP contribution in [0.1, 0.15) is 25.3 Å². The molecule has 0 spiro atoms. The van der Waals surface area contributed by atoms with Gasteiger partial charge in [0.1, 0.15) is 0 Å². The molecule has 0 bridgehead atoms. The third kappa shape index (κ3) is 4.24. The number of fused-ring (bicyclic) bond motifs is 1. The lowest BCUT2D eigenvalue weighted by Gasteiger charge is -2.39. The number of hydrogen-bond donors (Lipinski definition) is 2. The van der Waals surface area contributed by atoms with E-state index in [4.69, 9.17) is 5.11 Å². The Labute approximate surface area is 167 Å². The minimum Gasteiger partial charge on any atom is -0.395 e. The van der Waals surface area contributed by atoms with Gasteiger partial charge in [-0.2, -0.15) is 0 Å². The second-order valence-corrected chi connectivity index (χ2v) is 7.45. The minimum atomic E-state index is -1.06. The van der Waals surface area contributed by atoms with Crippen LogP contribution in [-0.2, 0) is 20.8 Å². The standard InChI is InChI=1S/C20H25F2N3O4/c1-2-16-14(20(29)23-6-7-26)9-13-10-24(11-18(28)25(13)16)17(27)8-12-4-3-5-15(21)19(12)22/h3-5,13-14,16,26H,2,6-11H2,1H3,(H,23,29)/t13-,14-,16-/m0/s1. The molecule has 0 unspecified atom stereocenters. The molecular weight excluding hydrogens is 384 g/mol. The molecule has 0 saturated carbocycles. The molecule has 2 aliphatic rings. The van der Waals surface area contributed by atoms with Crippen LogP contribution < -0.4 is 5.32 Å². The largest absolute Gasteiger partial charge is 0.395 e. The minimum absolute atomic E-state index is 0.0519. The van der Waals surface area contributed by atoms with Gasteiger partial charge in [-0.3, -0.25) is 14.4 Å². The number of carbonyl (C=O) groups excluding carboxylic acids is 3. The molecule has 0 radical (unpaired) electrons. The number of nitrogens with zero attached hydrogens (tertiary/aromatic N) is 2. The van der Waals surface area contributed by atoms with Gasteiger partial charge in [0.05, 0.1) is 31.5 Å². The lowest BCUT2D eigenvalue weighted by atomic mass is 9.96. The van der Waals surface area contributed by atoms with Crippen molar-refractivity contribution in [1.29, 1.82) is 0 Å². The third-order valence-electron chi connectivity index (χ3n) is 5.68. The zero-order valence-corrected chi connectivity index (χ0v) is 16.2. The van der Waals surface area contributed by atoms with Crippen LogP contribution in [0.25, 0.3) is 0 Å². The van der Waals surface area contributed by atoms with Gasteiger partial charge in [0.25, 0.3) is 0 Å². The molecule has 9 heteroatoms. The highest BCUT2D eigenvalue weighted by Gasteiger charge is 2.49. The van der Waals surface area contributed by atoms with Gasteiger partial charge >= 0.3 is 0 Å². The molecule has 0 aromatic heterocycles. The van der Waals surface area contributed by atoms with Crippen LogP contribution in [0.3, 0.4) is 0 Å². The molecular formula is C20H25F2N3O4. The maximum atomic E-state index is 13.9. The second-order valence-electron chi connectivity index (χ2n) is 7.45. The maximum Gasteiger partial charge on any atom is 0.242 e. The van der Waals surface area contributed by atoms with E-state index in [1.807, 2.05) is 6.92 Å². The summed E-state index contributed by atoms with van der Waals surface area (Å²) in [6, 6.07) is 3.11. The first-order chi connectivity index (χ1) is 13.9. The number of amides is 3. The molecule has 2 aliphatic heterocycles. The summed E-state index contributed by atoms with van der Waals surface area (Å²) in [7, 11) is 0. The van der Waals surface area contributed by atoms with Gasteiger partial charge in [-0.25, -0.2) is 8.78 Å². The van der Waals surface area contributed by atoms with Gasteiger partial charge in [-0.15, -0.1) is 0 Å². The average molecular weight is 409 g/mol. The van der Waals surface area contributed by atoms with E-state index in [9.17, 15) is 23.2 Å². The zero-order chi connectivity index (χ0) is 21.1. The van der Waals surface area contributed by atoms with Crippen molar-refractivity contribution in [3.63, 3.8) is 0 Å². The van der Waals surface area contributed by atoms with E-state index in [0.29, 0.717) is 12.8 Å². The fraction of sp³-hybridized carbons (Fsp3) is 0.550. The highest BCUT2D eigenvalue weighted by molar-refractivity contribution is 5.89. The molecule has 2 N–H and O–H groups in total. The predicted octanol–water partition coefficient (Wildman–Crippen LogP) is 0.454. The number of benzene rings is 1. The number of aliphatic hydroxyl groups is 1. The normalized spacial score (nSPS) is 23.9. The number of nitrogens with one attached hydrogen (secondary N) is 1. The molecule has 158 valence electrons. The Bertz CT molecular complexity index is 804. The second kappa shape index (κ2) is 8.86. The summed E-state index contributed by atoms with van der Waals surface area (Å²) in [6.45, 7) is 1.99. The van der Waals surface area contributed by atoms with E-state index in [2.05, 4.69) is 5.32 Å². The first-order valence-corrected chi connectivity index (χ1v) is 9.77. The van der Waals surface area contributed by atoms with Crippen molar-refractivity contribution >= 4 is 17.7 Å². The van der Waals surface area contributed by atoms with Crippen LogP contribution in [0.2, 0.25) is 0 Å². The molecule has 7 nitrogen and oxygen atoms in total. The molecule has 29 heavy (non-hydrogen) atoms. The van der Waals surface area contributed by atoms with Gasteiger partial charge in [0.2, 0.25) is 17.7 Å². The van der Waals surface area contributed by atoms with Crippen molar-refractivity contribution in [3.05, 3.63) is 35.4 Å². The Morgan fingerprint density at radius 1 is 1.31 bits per heavy atom. The Balaban J connectivity index is 1.71. The summed E-state index contributed by atoms with van der Waals surface area (Å²) in [5, 5.41) is 11.6. The summed E-state index contributed by atoms with van der Waals surface area (Å²) in [6.07, 6.45) is 0.683. The summed E-state index contributed by atoms with van der Waals surface area (Å²) < 4.78 is 27.3. The number of hydrogen-bond acceptors (Lipinski definition) is 4. The Hall–Kier alpha value is -2.55. The zero-order valence-electron chi connectivity index (χ0n) is 16.2. The fourth-order valence-electron chi connectivity index (χ4n) is 4.37. The van der Waals surface area contributed by atoms with Gasteiger partial charge in [0, 0.05) is 24.7 Å². The van der Waals surface area contributed by atoms with Crippen LogP contribution in [0, 0.1) is 17.6 Å². The smallest absolute Gasteiger partial charge is 0.242 e. The predicted molar refractivity (Wildman–Crippen MR) is 99.6 cm³/mol. The van der Waals surface area contributed by atoms with E-state index >= 15 is 0 Å². The Kier molecular flexibility index (Phi) is 6.46. The first-order valence-electron chi connectivity index (χ1n) is 9.77. The van der Waals surface area contributed by atoms with E-state index in [1.54, 1.807) is 4.90 Å². The molecule has 1 aromatic carbocycles. The Morgan fingerprint density at radius 2 is 2.07 bits per heavy atom. The van der Waals surface area contributed by atoms with Gasteiger partial charge < -0.3 is 20.2 Å². The third-order valence-corrected chi connectivity index (χ3v) is 5.68. The number of aliphatic hydroxyl groups excluding tert-OH is 1. The van der Waals surface area contributed by atoms with E-state index in [-0.39, 0.29) is 62.1 Å². The number of carbonyl (C=O) groups is 3. The van der Waals surface area contributed by atoms with Crippen molar-refractivity contribution in [2.75, 3.05) is 26.2 Å². The molecule has 2 saturated heterocycles. The van der Waals surface area contributed by atoms with Gasteiger partial charge in [-0.1, -0.05) is 19.1 Å². The van der Waals surface area contributed by atoms with Crippen LogP contribution in [0.15, 0.2) is 18.2 Å². The molecule has 3 amide bonds. The van der Waals surface area contributed by atoms with Crippen LogP contribution in [0.5, 0.6) is 0 Å². The molecule has 0 aliphatic carbocycles. The molecule has 2 fully saturated rings.